The van der Waals surface area contributed by atoms with Gasteiger partial charge >= 0.3 is 0 Å². The van der Waals surface area contributed by atoms with Gasteiger partial charge in [0.15, 0.2) is 0 Å². The number of rotatable bonds is 8. The Bertz CT molecular complexity index is 1230. The molecule has 1 fully saturated rings. The van der Waals surface area contributed by atoms with E-state index in [1.807, 2.05) is 19.9 Å². The summed E-state index contributed by atoms with van der Waals surface area (Å²) in [7, 11) is 0. The van der Waals surface area contributed by atoms with Crippen LogP contribution < -0.4 is 10.6 Å². The molecule has 0 spiro atoms. The van der Waals surface area contributed by atoms with Crippen molar-refractivity contribution in [2.45, 2.75) is 45.7 Å². The van der Waals surface area contributed by atoms with Crippen molar-refractivity contribution in [1.29, 1.82) is 0 Å². The number of para-hydroxylation sites is 1. The Hall–Kier alpha value is -2.94. The fourth-order valence-electron chi connectivity index (χ4n) is 4.13. The Labute approximate surface area is 220 Å². The van der Waals surface area contributed by atoms with E-state index in [0.717, 1.165) is 25.8 Å². The lowest BCUT2D eigenvalue weighted by molar-refractivity contribution is -0.121. The zero-order valence-corrected chi connectivity index (χ0v) is 21.8. The van der Waals surface area contributed by atoms with Gasteiger partial charge in [-0.3, -0.25) is 14.5 Å². The van der Waals surface area contributed by atoms with Crippen LogP contribution in [0.5, 0.6) is 0 Å². The monoisotopic (exact) mass is 529 g/mol. The topological polar surface area (TPSA) is 100 Å². The summed E-state index contributed by atoms with van der Waals surface area (Å²) in [5.41, 5.74) is 1.61. The van der Waals surface area contributed by atoms with Gasteiger partial charge in [-0.25, -0.2) is 0 Å². The lowest BCUT2D eigenvalue weighted by Crippen LogP contribution is -2.40. The number of amides is 2. The van der Waals surface area contributed by atoms with E-state index in [1.54, 1.807) is 36.4 Å². The number of nitrogens with zero attached hydrogens (tertiary/aromatic N) is 3. The molecule has 2 unspecified atom stereocenters. The molecule has 2 atom stereocenters. The molecule has 2 amide bonds. The Morgan fingerprint density at radius 3 is 2.81 bits per heavy atom. The molecule has 0 aliphatic carbocycles. The smallest absolute Gasteiger partial charge is 0.253 e. The van der Waals surface area contributed by atoms with Gasteiger partial charge < -0.3 is 15.2 Å². The molecule has 36 heavy (non-hydrogen) atoms. The molecule has 2 heterocycles. The van der Waals surface area contributed by atoms with Crippen molar-refractivity contribution in [2.24, 2.45) is 5.92 Å². The fraction of sp³-hybridized carbons (Fsp3) is 0.385. The number of halogens is 2. The Morgan fingerprint density at radius 2 is 2.03 bits per heavy atom. The summed E-state index contributed by atoms with van der Waals surface area (Å²) >= 11 is 12.2. The Morgan fingerprint density at radius 1 is 1.22 bits per heavy atom. The predicted molar refractivity (Wildman–Crippen MR) is 140 cm³/mol. The third-order valence-corrected chi connectivity index (χ3v) is 6.84. The zero-order chi connectivity index (χ0) is 25.7. The normalized spacial score (nSPS) is 16.9. The molecule has 190 valence electrons. The molecule has 1 aromatic heterocycles. The number of anilines is 1. The number of hydrogen-bond acceptors (Lipinski definition) is 6. The van der Waals surface area contributed by atoms with E-state index in [9.17, 15) is 9.59 Å². The van der Waals surface area contributed by atoms with Crippen molar-refractivity contribution >= 4 is 40.7 Å². The first-order valence-electron chi connectivity index (χ1n) is 12.0. The average molecular weight is 530 g/mol. The summed E-state index contributed by atoms with van der Waals surface area (Å²) in [4.78, 5) is 32.4. The van der Waals surface area contributed by atoms with Crippen molar-refractivity contribution in [3.8, 4) is 11.4 Å². The van der Waals surface area contributed by atoms with Gasteiger partial charge in [-0.2, -0.15) is 4.98 Å². The molecular weight excluding hydrogens is 501 g/mol. The second kappa shape index (κ2) is 11.9. The van der Waals surface area contributed by atoms with Gasteiger partial charge in [0.25, 0.3) is 5.91 Å². The van der Waals surface area contributed by atoms with Gasteiger partial charge in [0.1, 0.15) is 0 Å². The first-order chi connectivity index (χ1) is 17.3. The van der Waals surface area contributed by atoms with Crippen LogP contribution in [-0.2, 0) is 11.3 Å². The number of benzene rings is 2. The molecule has 1 aliphatic rings. The van der Waals surface area contributed by atoms with Crippen LogP contribution in [0, 0.1) is 5.92 Å². The molecule has 0 saturated carbocycles. The first-order valence-corrected chi connectivity index (χ1v) is 12.8. The van der Waals surface area contributed by atoms with Crippen LogP contribution in [0.3, 0.4) is 0 Å². The third-order valence-electron chi connectivity index (χ3n) is 6.29. The molecule has 0 bridgehead atoms. The highest BCUT2D eigenvalue weighted by atomic mass is 35.5. The summed E-state index contributed by atoms with van der Waals surface area (Å²) < 4.78 is 5.44. The number of carbonyl (C=O) groups excluding carboxylic acids is 2. The van der Waals surface area contributed by atoms with Crippen LogP contribution in [-0.4, -0.2) is 46.0 Å². The minimum absolute atomic E-state index is 0.0501. The molecule has 0 radical (unpaired) electrons. The molecular formula is C26H29Cl2N5O3. The maximum absolute atomic E-state index is 13.1. The van der Waals surface area contributed by atoms with Crippen molar-refractivity contribution in [2.75, 3.05) is 18.4 Å². The first kappa shape index (κ1) is 26.1. The van der Waals surface area contributed by atoms with Crippen LogP contribution >= 0.6 is 23.2 Å². The molecule has 2 N–H and O–H groups in total. The lowest BCUT2D eigenvalue weighted by atomic mass is 9.96. The van der Waals surface area contributed by atoms with Crippen LogP contribution in [0.1, 0.15) is 49.4 Å². The lowest BCUT2D eigenvalue weighted by Gasteiger charge is -2.31. The van der Waals surface area contributed by atoms with Crippen molar-refractivity contribution < 1.29 is 14.1 Å². The molecule has 2 aromatic carbocycles. The number of carbonyl (C=O) groups is 2. The van der Waals surface area contributed by atoms with E-state index in [4.69, 9.17) is 27.7 Å². The molecule has 8 nitrogen and oxygen atoms in total. The largest absolute Gasteiger partial charge is 0.350 e. The number of piperidine rings is 1. The van der Waals surface area contributed by atoms with Gasteiger partial charge in [0, 0.05) is 23.2 Å². The van der Waals surface area contributed by atoms with Gasteiger partial charge in [-0.1, -0.05) is 47.4 Å². The van der Waals surface area contributed by atoms with E-state index in [1.165, 1.54) is 0 Å². The number of hydrogen-bond donors (Lipinski definition) is 2. The minimum atomic E-state index is -0.225. The minimum Gasteiger partial charge on any atom is -0.350 e. The second-order valence-electron chi connectivity index (χ2n) is 9.03. The zero-order valence-electron chi connectivity index (χ0n) is 20.3. The van der Waals surface area contributed by atoms with Crippen molar-refractivity contribution in [3.63, 3.8) is 0 Å². The third kappa shape index (κ3) is 6.43. The SMILES string of the molecule is CCC(C)NC(=O)c1ccccc1NC(=O)C1CCCN(Cc2nc(-c3ccc(Cl)cc3Cl)no2)C1. The van der Waals surface area contributed by atoms with Crippen LogP contribution in [0.25, 0.3) is 11.4 Å². The summed E-state index contributed by atoms with van der Waals surface area (Å²) in [6.07, 6.45) is 2.45. The molecule has 1 saturated heterocycles. The average Bonchev–Trinajstić information content (AvgIpc) is 3.32. The van der Waals surface area contributed by atoms with Crippen LogP contribution in [0.15, 0.2) is 47.0 Å². The van der Waals surface area contributed by atoms with Gasteiger partial charge in [0.2, 0.25) is 17.6 Å². The maximum Gasteiger partial charge on any atom is 0.253 e. The highest BCUT2D eigenvalue weighted by Crippen LogP contribution is 2.29. The summed E-state index contributed by atoms with van der Waals surface area (Å²) in [5, 5.41) is 11.0. The standard InChI is InChI=1S/C26H29Cl2N5O3/c1-3-16(2)29-26(35)20-8-4-5-9-22(20)30-25(34)17-7-6-12-33(14-17)15-23-31-24(32-36-23)19-11-10-18(27)13-21(19)28/h4-5,8-11,13,16-17H,3,6-7,12,14-15H2,1-2H3,(H,29,35)(H,30,34). The molecule has 3 aromatic rings. The molecule has 4 rings (SSSR count). The quantitative estimate of drug-likeness (QED) is 0.403. The summed E-state index contributed by atoms with van der Waals surface area (Å²) in [5.74, 6) is 0.313. The Balaban J connectivity index is 1.38. The number of nitrogens with one attached hydrogen (secondary N) is 2. The maximum atomic E-state index is 13.1. The van der Waals surface area contributed by atoms with Crippen LogP contribution in [0.2, 0.25) is 10.0 Å². The Kier molecular flexibility index (Phi) is 8.61. The van der Waals surface area contributed by atoms with Gasteiger partial charge in [0.05, 0.1) is 28.7 Å². The van der Waals surface area contributed by atoms with E-state index in [-0.39, 0.29) is 23.8 Å². The van der Waals surface area contributed by atoms with Gasteiger partial charge in [-0.05, 0) is 63.1 Å². The van der Waals surface area contributed by atoms with E-state index < -0.39 is 0 Å². The molecule has 10 heteroatoms. The molecule has 1 aliphatic heterocycles. The van der Waals surface area contributed by atoms with Crippen molar-refractivity contribution in [1.82, 2.24) is 20.4 Å². The van der Waals surface area contributed by atoms with E-state index in [0.29, 0.717) is 51.7 Å². The fourth-order valence-corrected chi connectivity index (χ4v) is 4.63. The predicted octanol–water partition coefficient (Wildman–Crippen LogP) is 5.42. The summed E-state index contributed by atoms with van der Waals surface area (Å²) in [6, 6.07) is 12.2. The van der Waals surface area contributed by atoms with E-state index in [2.05, 4.69) is 25.7 Å². The highest BCUT2D eigenvalue weighted by Gasteiger charge is 2.28. The van der Waals surface area contributed by atoms with E-state index >= 15 is 0 Å². The summed E-state index contributed by atoms with van der Waals surface area (Å²) in [6.45, 7) is 5.75. The van der Waals surface area contributed by atoms with Gasteiger partial charge in [-0.15, -0.1) is 0 Å². The van der Waals surface area contributed by atoms with Crippen LogP contribution in [0.4, 0.5) is 5.69 Å². The highest BCUT2D eigenvalue weighted by molar-refractivity contribution is 6.36. The number of likely N-dealkylation sites (tertiary alicyclic amines) is 1. The van der Waals surface area contributed by atoms with Crippen molar-refractivity contribution in [3.05, 3.63) is 64.0 Å². The number of aromatic nitrogens is 2. The second-order valence-corrected chi connectivity index (χ2v) is 9.87.